The van der Waals surface area contributed by atoms with Gasteiger partial charge in [-0.15, -0.1) is 0 Å². The molecule has 0 aliphatic carbocycles. The standard InChI is InChI=1S/C15H15FN2O2/c16-13-3-1-2-4-14(13)18-15(20)17-12-7-5-11(6-8-12)9-10-19/h1-8,19H,9-10H2,(H2,17,18,20). The summed E-state index contributed by atoms with van der Waals surface area (Å²) in [6, 6.07) is 12.5. The molecule has 2 aromatic rings. The maximum absolute atomic E-state index is 13.4. The van der Waals surface area contributed by atoms with Gasteiger partial charge in [0.1, 0.15) is 5.82 Å². The highest BCUT2D eigenvalue weighted by molar-refractivity contribution is 5.99. The Morgan fingerprint density at radius 2 is 1.75 bits per heavy atom. The molecule has 0 heterocycles. The maximum atomic E-state index is 13.4. The third-order valence-corrected chi connectivity index (χ3v) is 2.73. The minimum Gasteiger partial charge on any atom is -0.396 e. The average molecular weight is 274 g/mol. The number of aliphatic hydroxyl groups excluding tert-OH is 1. The van der Waals surface area contributed by atoms with E-state index in [0.29, 0.717) is 12.1 Å². The first-order chi connectivity index (χ1) is 9.69. The molecule has 4 nitrogen and oxygen atoms in total. The van der Waals surface area contributed by atoms with E-state index in [9.17, 15) is 9.18 Å². The topological polar surface area (TPSA) is 61.4 Å². The minimum absolute atomic E-state index is 0.0839. The number of hydrogen-bond acceptors (Lipinski definition) is 2. The first-order valence-corrected chi connectivity index (χ1v) is 6.21. The van der Waals surface area contributed by atoms with Crippen molar-refractivity contribution in [2.24, 2.45) is 0 Å². The Labute approximate surface area is 116 Å². The summed E-state index contributed by atoms with van der Waals surface area (Å²) in [6.07, 6.45) is 0.571. The number of anilines is 2. The molecule has 0 aliphatic heterocycles. The largest absolute Gasteiger partial charge is 0.396 e. The first-order valence-electron chi connectivity index (χ1n) is 6.21. The van der Waals surface area contributed by atoms with Gasteiger partial charge in [-0.1, -0.05) is 24.3 Å². The second-order valence-electron chi connectivity index (χ2n) is 4.23. The van der Waals surface area contributed by atoms with E-state index in [1.54, 1.807) is 24.3 Å². The van der Waals surface area contributed by atoms with Gasteiger partial charge in [0.15, 0.2) is 0 Å². The minimum atomic E-state index is -0.509. The van der Waals surface area contributed by atoms with Crippen molar-refractivity contribution in [1.29, 1.82) is 0 Å². The van der Waals surface area contributed by atoms with Crippen LogP contribution in [0.1, 0.15) is 5.56 Å². The van der Waals surface area contributed by atoms with E-state index in [0.717, 1.165) is 5.56 Å². The maximum Gasteiger partial charge on any atom is 0.323 e. The lowest BCUT2D eigenvalue weighted by Crippen LogP contribution is -2.20. The number of rotatable bonds is 4. The van der Waals surface area contributed by atoms with E-state index < -0.39 is 11.8 Å². The molecule has 0 spiro atoms. The number of para-hydroxylation sites is 1. The zero-order chi connectivity index (χ0) is 14.4. The number of carbonyl (C=O) groups is 1. The van der Waals surface area contributed by atoms with E-state index >= 15 is 0 Å². The summed E-state index contributed by atoms with van der Waals surface area (Å²) in [4.78, 5) is 11.7. The van der Waals surface area contributed by atoms with Crippen LogP contribution >= 0.6 is 0 Å². The van der Waals surface area contributed by atoms with Crippen LogP contribution in [0, 0.1) is 5.82 Å². The fourth-order valence-electron chi connectivity index (χ4n) is 1.73. The molecule has 0 aromatic heterocycles. The van der Waals surface area contributed by atoms with Gasteiger partial charge in [0, 0.05) is 12.3 Å². The fourth-order valence-corrected chi connectivity index (χ4v) is 1.73. The fraction of sp³-hybridized carbons (Fsp3) is 0.133. The van der Waals surface area contributed by atoms with Crippen molar-refractivity contribution in [1.82, 2.24) is 0 Å². The number of nitrogens with one attached hydrogen (secondary N) is 2. The van der Waals surface area contributed by atoms with E-state index in [1.165, 1.54) is 12.1 Å². The Balaban J connectivity index is 1.96. The van der Waals surface area contributed by atoms with Crippen molar-refractivity contribution < 1.29 is 14.3 Å². The van der Waals surface area contributed by atoms with Gasteiger partial charge in [-0.05, 0) is 36.2 Å². The summed E-state index contributed by atoms with van der Waals surface area (Å²) in [5, 5.41) is 13.9. The Hall–Kier alpha value is -2.40. The molecule has 2 aromatic carbocycles. The monoisotopic (exact) mass is 274 g/mol. The number of urea groups is 1. The average Bonchev–Trinajstić information content (AvgIpc) is 2.44. The normalized spacial score (nSPS) is 10.1. The van der Waals surface area contributed by atoms with Crippen LogP contribution in [0.2, 0.25) is 0 Å². The lowest BCUT2D eigenvalue weighted by Gasteiger charge is -2.08. The molecule has 3 N–H and O–H groups in total. The number of carbonyl (C=O) groups excluding carboxylic acids is 1. The molecule has 2 rings (SSSR count). The van der Waals surface area contributed by atoms with Crippen LogP contribution in [0.15, 0.2) is 48.5 Å². The van der Waals surface area contributed by atoms with Crippen LogP contribution in [-0.2, 0) is 6.42 Å². The van der Waals surface area contributed by atoms with E-state index in [1.807, 2.05) is 12.1 Å². The molecule has 0 unspecified atom stereocenters. The van der Waals surface area contributed by atoms with Crippen LogP contribution in [-0.4, -0.2) is 17.7 Å². The molecule has 0 bridgehead atoms. The molecule has 0 atom stereocenters. The molecule has 104 valence electrons. The highest BCUT2D eigenvalue weighted by atomic mass is 19.1. The number of halogens is 1. The second kappa shape index (κ2) is 6.68. The number of benzene rings is 2. The summed E-state index contributed by atoms with van der Waals surface area (Å²) < 4.78 is 13.4. The summed E-state index contributed by atoms with van der Waals surface area (Å²) in [5.74, 6) is -0.485. The molecule has 0 aliphatic rings. The molecular formula is C15H15FN2O2. The van der Waals surface area contributed by atoms with Crippen LogP contribution in [0.5, 0.6) is 0 Å². The van der Waals surface area contributed by atoms with Crippen LogP contribution in [0.3, 0.4) is 0 Å². The van der Waals surface area contributed by atoms with Gasteiger partial charge in [-0.2, -0.15) is 0 Å². The molecule has 0 radical (unpaired) electrons. The van der Waals surface area contributed by atoms with Crippen LogP contribution < -0.4 is 10.6 Å². The van der Waals surface area contributed by atoms with Crippen molar-refractivity contribution in [3.05, 3.63) is 59.9 Å². The smallest absolute Gasteiger partial charge is 0.323 e. The lowest BCUT2D eigenvalue weighted by molar-refractivity contribution is 0.262. The molecule has 0 saturated heterocycles. The van der Waals surface area contributed by atoms with Gasteiger partial charge in [0.05, 0.1) is 5.69 Å². The molecule has 20 heavy (non-hydrogen) atoms. The highest BCUT2D eigenvalue weighted by Crippen LogP contribution is 2.14. The van der Waals surface area contributed by atoms with Crippen molar-refractivity contribution in [3.63, 3.8) is 0 Å². The quantitative estimate of drug-likeness (QED) is 0.802. The summed E-state index contributed by atoms with van der Waals surface area (Å²) in [7, 11) is 0. The zero-order valence-electron chi connectivity index (χ0n) is 10.8. The van der Waals surface area contributed by atoms with Crippen molar-refractivity contribution in [2.75, 3.05) is 17.2 Å². The highest BCUT2D eigenvalue weighted by Gasteiger charge is 2.06. The van der Waals surface area contributed by atoms with Gasteiger partial charge in [0.2, 0.25) is 0 Å². The third kappa shape index (κ3) is 3.80. The second-order valence-corrected chi connectivity index (χ2v) is 4.23. The number of hydrogen-bond donors (Lipinski definition) is 3. The lowest BCUT2D eigenvalue weighted by atomic mass is 10.1. The Kier molecular flexibility index (Phi) is 4.68. The Morgan fingerprint density at radius 1 is 1.05 bits per heavy atom. The van der Waals surface area contributed by atoms with E-state index in [-0.39, 0.29) is 12.3 Å². The molecule has 5 heteroatoms. The number of aliphatic hydroxyl groups is 1. The summed E-state index contributed by atoms with van der Waals surface area (Å²) in [6.45, 7) is 0.0839. The van der Waals surface area contributed by atoms with Gasteiger partial charge in [-0.3, -0.25) is 0 Å². The van der Waals surface area contributed by atoms with Gasteiger partial charge in [-0.25, -0.2) is 9.18 Å². The van der Waals surface area contributed by atoms with Gasteiger partial charge >= 0.3 is 6.03 Å². The SMILES string of the molecule is O=C(Nc1ccc(CCO)cc1)Nc1ccccc1F. The summed E-state index contributed by atoms with van der Waals surface area (Å²) in [5.41, 5.74) is 1.70. The molecule has 0 fully saturated rings. The molecule has 2 amide bonds. The Morgan fingerprint density at radius 3 is 2.40 bits per heavy atom. The van der Waals surface area contributed by atoms with E-state index in [4.69, 9.17) is 5.11 Å². The van der Waals surface area contributed by atoms with E-state index in [2.05, 4.69) is 10.6 Å². The van der Waals surface area contributed by atoms with Crippen LogP contribution in [0.25, 0.3) is 0 Å². The van der Waals surface area contributed by atoms with Crippen molar-refractivity contribution >= 4 is 17.4 Å². The zero-order valence-corrected chi connectivity index (χ0v) is 10.8. The third-order valence-electron chi connectivity index (χ3n) is 2.73. The van der Waals surface area contributed by atoms with Crippen LogP contribution in [0.4, 0.5) is 20.6 Å². The predicted octanol–water partition coefficient (Wildman–Crippen LogP) is 3.00. The van der Waals surface area contributed by atoms with Crippen molar-refractivity contribution in [2.45, 2.75) is 6.42 Å². The van der Waals surface area contributed by atoms with Gasteiger partial charge in [0.25, 0.3) is 0 Å². The molecular weight excluding hydrogens is 259 g/mol. The predicted molar refractivity (Wildman–Crippen MR) is 76.3 cm³/mol. The Bertz CT molecular complexity index is 585. The first kappa shape index (κ1) is 14.0. The molecule has 0 saturated carbocycles. The van der Waals surface area contributed by atoms with Gasteiger partial charge < -0.3 is 15.7 Å². The summed E-state index contributed by atoms with van der Waals surface area (Å²) >= 11 is 0. The van der Waals surface area contributed by atoms with Crippen molar-refractivity contribution in [3.8, 4) is 0 Å². The number of amides is 2.